The molecule has 0 aliphatic rings. The second-order valence-corrected chi connectivity index (χ2v) is 4.66. The molecule has 4 aromatic rings. The number of para-hydroxylation sites is 1. The topological polar surface area (TPSA) is 57.4 Å². The third-order valence-electron chi connectivity index (χ3n) is 3.53. The lowest BCUT2D eigenvalue weighted by Crippen LogP contribution is -1.86. The summed E-state index contributed by atoms with van der Waals surface area (Å²) in [5, 5.41) is 2.24. The van der Waals surface area contributed by atoms with Gasteiger partial charge in [0.1, 0.15) is 12.0 Å². The molecule has 0 atom stereocenters. The first-order valence-electron chi connectivity index (χ1n) is 6.20. The molecule has 4 rings (SSSR count). The van der Waals surface area contributed by atoms with E-state index in [1.54, 1.807) is 6.33 Å². The van der Waals surface area contributed by atoms with Crippen LogP contribution in [-0.2, 0) is 0 Å². The first-order valence-corrected chi connectivity index (χ1v) is 6.20. The third kappa shape index (κ3) is 1.40. The Kier molecular flexibility index (Phi) is 2.00. The zero-order valence-corrected chi connectivity index (χ0v) is 10.4. The molecule has 0 saturated heterocycles. The van der Waals surface area contributed by atoms with Gasteiger partial charge in [0.25, 0.3) is 0 Å². The van der Waals surface area contributed by atoms with Crippen LogP contribution in [-0.4, -0.2) is 19.9 Å². The number of aryl methyl sites for hydroxylation is 1. The fourth-order valence-corrected chi connectivity index (χ4v) is 2.59. The normalized spacial score (nSPS) is 11.4. The van der Waals surface area contributed by atoms with Crippen LogP contribution in [0, 0.1) is 6.92 Å². The Morgan fingerprint density at radius 1 is 1.00 bits per heavy atom. The second kappa shape index (κ2) is 3.68. The van der Waals surface area contributed by atoms with Crippen molar-refractivity contribution in [3.63, 3.8) is 0 Å². The van der Waals surface area contributed by atoms with Crippen molar-refractivity contribution in [1.29, 1.82) is 0 Å². The summed E-state index contributed by atoms with van der Waals surface area (Å²) in [5.41, 5.74) is 5.35. The van der Waals surface area contributed by atoms with E-state index in [9.17, 15) is 0 Å². The SMILES string of the molecule is Cc1cccc2c(-c3ncnc4[nH]ccc34)c[nH]c12. The minimum absolute atomic E-state index is 0.868. The molecule has 0 aliphatic heterocycles. The van der Waals surface area contributed by atoms with Crippen LogP contribution < -0.4 is 0 Å². The molecule has 4 nitrogen and oxygen atoms in total. The predicted octanol–water partition coefficient (Wildman–Crippen LogP) is 3.41. The maximum atomic E-state index is 4.45. The monoisotopic (exact) mass is 248 g/mol. The quantitative estimate of drug-likeness (QED) is 0.542. The summed E-state index contributed by atoms with van der Waals surface area (Å²) < 4.78 is 0. The summed E-state index contributed by atoms with van der Waals surface area (Å²) in [5.74, 6) is 0. The Morgan fingerprint density at radius 2 is 1.95 bits per heavy atom. The minimum Gasteiger partial charge on any atom is -0.360 e. The molecule has 0 radical (unpaired) electrons. The summed E-state index contributed by atoms with van der Waals surface area (Å²) in [7, 11) is 0. The molecule has 1 aromatic carbocycles. The molecule has 2 N–H and O–H groups in total. The first-order chi connectivity index (χ1) is 9.34. The number of aromatic nitrogens is 4. The van der Waals surface area contributed by atoms with Crippen LogP contribution in [0.4, 0.5) is 0 Å². The standard InChI is InChI=1S/C15H12N4/c1-9-3-2-4-10-12(7-17-13(9)10)14-11-5-6-16-15(11)19-8-18-14/h2-8,17H,1H3,(H,16,18,19). The number of H-pyrrole nitrogens is 2. The Balaban J connectivity index is 2.10. The van der Waals surface area contributed by atoms with E-state index in [-0.39, 0.29) is 0 Å². The third-order valence-corrected chi connectivity index (χ3v) is 3.53. The van der Waals surface area contributed by atoms with E-state index in [4.69, 9.17) is 0 Å². The molecule has 0 saturated carbocycles. The lowest BCUT2D eigenvalue weighted by molar-refractivity contribution is 1.20. The van der Waals surface area contributed by atoms with Crippen LogP contribution >= 0.6 is 0 Å². The minimum atomic E-state index is 0.868. The molecule has 0 aliphatic carbocycles. The van der Waals surface area contributed by atoms with Crippen molar-refractivity contribution >= 4 is 21.9 Å². The molecular weight excluding hydrogens is 236 g/mol. The lowest BCUT2D eigenvalue weighted by Gasteiger charge is -2.01. The van der Waals surface area contributed by atoms with E-state index in [1.165, 1.54) is 16.5 Å². The molecule has 4 heteroatoms. The number of aromatic amines is 2. The number of nitrogens with one attached hydrogen (secondary N) is 2. The van der Waals surface area contributed by atoms with E-state index in [0.29, 0.717) is 0 Å². The van der Waals surface area contributed by atoms with Gasteiger partial charge in [0.05, 0.1) is 5.69 Å². The molecule has 3 heterocycles. The van der Waals surface area contributed by atoms with Gasteiger partial charge in [-0.25, -0.2) is 9.97 Å². The van der Waals surface area contributed by atoms with E-state index in [0.717, 1.165) is 22.3 Å². The maximum absolute atomic E-state index is 4.45. The van der Waals surface area contributed by atoms with E-state index >= 15 is 0 Å². The van der Waals surface area contributed by atoms with Gasteiger partial charge in [-0.3, -0.25) is 0 Å². The molecular formula is C15H12N4. The van der Waals surface area contributed by atoms with Crippen molar-refractivity contribution in [2.75, 3.05) is 0 Å². The van der Waals surface area contributed by atoms with Crippen molar-refractivity contribution in [1.82, 2.24) is 19.9 Å². The van der Waals surface area contributed by atoms with Gasteiger partial charge in [0.15, 0.2) is 0 Å². The van der Waals surface area contributed by atoms with Crippen molar-refractivity contribution in [3.8, 4) is 11.3 Å². The summed E-state index contributed by atoms with van der Waals surface area (Å²) in [4.78, 5) is 15.1. The van der Waals surface area contributed by atoms with E-state index in [1.807, 2.05) is 18.5 Å². The average molecular weight is 248 g/mol. The Labute approximate surface area is 109 Å². The summed E-state index contributed by atoms with van der Waals surface area (Å²) in [6.45, 7) is 2.11. The highest BCUT2D eigenvalue weighted by atomic mass is 14.9. The zero-order valence-electron chi connectivity index (χ0n) is 10.4. The van der Waals surface area contributed by atoms with Crippen molar-refractivity contribution in [2.45, 2.75) is 6.92 Å². The van der Waals surface area contributed by atoms with Gasteiger partial charge in [-0.15, -0.1) is 0 Å². The van der Waals surface area contributed by atoms with Crippen LogP contribution in [0.3, 0.4) is 0 Å². The molecule has 0 fully saturated rings. The number of hydrogen-bond donors (Lipinski definition) is 2. The van der Waals surface area contributed by atoms with Crippen molar-refractivity contribution in [3.05, 3.63) is 48.5 Å². The molecule has 0 bridgehead atoms. The lowest BCUT2D eigenvalue weighted by atomic mass is 10.1. The first kappa shape index (κ1) is 10.3. The van der Waals surface area contributed by atoms with Gasteiger partial charge in [0.2, 0.25) is 0 Å². The maximum Gasteiger partial charge on any atom is 0.141 e. The van der Waals surface area contributed by atoms with Gasteiger partial charge in [0, 0.05) is 34.2 Å². The van der Waals surface area contributed by atoms with E-state index < -0.39 is 0 Å². The summed E-state index contributed by atoms with van der Waals surface area (Å²) >= 11 is 0. The highest BCUT2D eigenvalue weighted by Crippen LogP contribution is 2.32. The molecule has 3 aromatic heterocycles. The molecule has 19 heavy (non-hydrogen) atoms. The molecule has 0 unspecified atom stereocenters. The van der Waals surface area contributed by atoms with Crippen LogP contribution in [0.25, 0.3) is 33.2 Å². The van der Waals surface area contributed by atoms with Crippen molar-refractivity contribution in [2.24, 2.45) is 0 Å². The number of nitrogens with zero attached hydrogens (tertiary/aromatic N) is 2. The fourth-order valence-electron chi connectivity index (χ4n) is 2.59. The van der Waals surface area contributed by atoms with Gasteiger partial charge >= 0.3 is 0 Å². The second-order valence-electron chi connectivity index (χ2n) is 4.66. The van der Waals surface area contributed by atoms with Crippen LogP contribution in [0.5, 0.6) is 0 Å². The average Bonchev–Trinajstić information content (AvgIpc) is 3.05. The van der Waals surface area contributed by atoms with Crippen molar-refractivity contribution < 1.29 is 0 Å². The van der Waals surface area contributed by atoms with Gasteiger partial charge in [-0.05, 0) is 18.6 Å². The number of rotatable bonds is 1. The number of benzene rings is 1. The predicted molar refractivity (Wildman–Crippen MR) is 75.9 cm³/mol. The van der Waals surface area contributed by atoms with E-state index in [2.05, 4.69) is 45.1 Å². The van der Waals surface area contributed by atoms with Crippen LogP contribution in [0.15, 0.2) is 43.0 Å². The largest absolute Gasteiger partial charge is 0.360 e. The fraction of sp³-hybridized carbons (Fsp3) is 0.0667. The number of fused-ring (bicyclic) bond motifs is 2. The Hall–Kier alpha value is -2.62. The van der Waals surface area contributed by atoms with Gasteiger partial charge in [-0.1, -0.05) is 18.2 Å². The van der Waals surface area contributed by atoms with Gasteiger partial charge < -0.3 is 9.97 Å². The highest BCUT2D eigenvalue weighted by molar-refractivity contribution is 6.02. The van der Waals surface area contributed by atoms with Crippen LogP contribution in [0.2, 0.25) is 0 Å². The smallest absolute Gasteiger partial charge is 0.141 e. The number of hydrogen-bond acceptors (Lipinski definition) is 2. The molecule has 0 amide bonds. The summed E-state index contributed by atoms with van der Waals surface area (Å²) in [6, 6.07) is 8.31. The zero-order chi connectivity index (χ0) is 12.8. The highest BCUT2D eigenvalue weighted by Gasteiger charge is 2.12. The Bertz CT molecular complexity index is 885. The summed E-state index contributed by atoms with van der Waals surface area (Å²) in [6.07, 6.45) is 5.51. The van der Waals surface area contributed by atoms with Gasteiger partial charge in [-0.2, -0.15) is 0 Å². The molecule has 92 valence electrons. The van der Waals surface area contributed by atoms with Crippen LogP contribution in [0.1, 0.15) is 5.56 Å². The molecule has 0 spiro atoms. The Morgan fingerprint density at radius 3 is 2.89 bits per heavy atom.